The van der Waals surface area contributed by atoms with Crippen molar-refractivity contribution in [3.8, 4) is 11.1 Å². The smallest absolute Gasteiger partial charge is 0.220 e. The molecular weight excluding hydrogens is 639 g/mol. The highest BCUT2D eigenvalue weighted by Crippen LogP contribution is 2.39. The molecule has 1 aliphatic rings. The number of rotatable bonds is 14. The molecule has 2 heterocycles. The minimum atomic E-state index is -0.644. The van der Waals surface area contributed by atoms with E-state index in [0.717, 1.165) is 52.6 Å². The van der Waals surface area contributed by atoms with Crippen molar-refractivity contribution < 1.29 is 24.2 Å². The summed E-state index contributed by atoms with van der Waals surface area (Å²) in [6.07, 6.45) is 4.04. The van der Waals surface area contributed by atoms with Crippen LogP contribution in [-0.2, 0) is 38.8 Å². The number of aliphatic hydroxyl groups is 1. The summed E-state index contributed by atoms with van der Waals surface area (Å²) in [7, 11) is 0. The van der Waals surface area contributed by atoms with Gasteiger partial charge in [0.25, 0.3) is 0 Å². The summed E-state index contributed by atoms with van der Waals surface area (Å²) in [5.41, 5.74) is 5.71. The number of hydrogen-bond donors (Lipinski definition) is 3. The van der Waals surface area contributed by atoms with Crippen LogP contribution in [0.3, 0.4) is 0 Å². The van der Waals surface area contributed by atoms with E-state index >= 15 is 0 Å². The number of ether oxygens (including phenoxy) is 2. The molecule has 1 aromatic heterocycles. The van der Waals surface area contributed by atoms with E-state index in [2.05, 4.69) is 27.8 Å². The second-order valence-corrected chi connectivity index (χ2v) is 12.4. The number of nitrogens with one attached hydrogen (secondary N) is 2. The molecule has 3 N–H and O–H groups in total. The first-order valence-corrected chi connectivity index (χ1v) is 16.6. The average molecular weight is 680 g/mol. The Bertz CT molecular complexity index is 1640. The summed E-state index contributed by atoms with van der Waals surface area (Å²) in [4.78, 5) is 27.5. The number of halogens is 2. The highest BCUT2D eigenvalue weighted by Gasteiger charge is 2.33. The summed E-state index contributed by atoms with van der Waals surface area (Å²) in [5.74, 6) is -0.0208. The lowest BCUT2D eigenvalue weighted by Crippen LogP contribution is -2.32. The van der Waals surface area contributed by atoms with E-state index in [1.165, 1.54) is 6.92 Å². The van der Waals surface area contributed by atoms with Gasteiger partial charge in [0.2, 0.25) is 11.8 Å². The maximum atomic E-state index is 12.4. The predicted molar refractivity (Wildman–Crippen MR) is 182 cm³/mol. The Kier molecular flexibility index (Phi) is 12.4. The summed E-state index contributed by atoms with van der Waals surface area (Å²) < 4.78 is 14.8. The molecule has 1 saturated heterocycles. The predicted octanol–water partition coefficient (Wildman–Crippen LogP) is 6.91. The number of hydrogen-bond acceptors (Lipinski definition) is 6. The number of carbonyl (C=O) groups is 2. The Morgan fingerprint density at radius 2 is 1.68 bits per heavy atom. The Morgan fingerprint density at radius 3 is 2.40 bits per heavy atom. The molecule has 1 aliphatic heterocycles. The molecule has 47 heavy (non-hydrogen) atoms. The van der Waals surface area contributed by atoms with Gasteiger partial charge in [-0.05, 0) is 52.8 Å². The first-order valence-electron chi connectivity index (χ1n) is 15.9. The van der Waals surface area contributed by atoms with E-state index in [-0.39, 0.29) is 35.8 Å². The first kappa shape index (κ1) is 34.6. The molecule has 9 nitrogen and oxygen atoms in total. The Hall–Kier alpha value is -3.73. The van der Waals surface area contributed by atoms with Crippen molar-refractivity contribution in [1.82, 2.24) is 20.2 Å². The second kappa shape index (κ2) is 16.9. The van der Waals surface area contributed by atoms with Crippen molar-refractivity contribution in [2.45, 2.75) is 77.2 Å². The third kappa shape index (κ3) is 9.89. The van der Waals surface area contributed by atoms with Gasteiger partial charge in [0.15, 0.2) is 11.4 Å². The molecule has 3 atom stereocenters. The van der Waals surface area contributed by atoms with Gasteiger partial charge >= 0.3 is 0 Å². The zero-order valence-electron chi connectivity index (χ0n) is 26.3. The van der Waals surface area contributed by atoms with Gasteiger partial charge in [-0.15, -0.1) is 0 Å². The molecule has 4 aromatic rings. The summed E-state index contributed by atoms with van der Waals surface area (Å²) in [5, 5.41) is 15.9. The third-order valence-corrected chi connectivity index (χ3v) is 8.88. The standard InChI is InChI=1S/C36H40Cl2N4O5/c1-24(44)39-16-4-2-3-11-33(45)40-20-26-7-5-8-28(17-26)29-9-6-10-30(18-29)36-46-31(21-42-23-41-34(37)35(42)38)19-32(47-36)27-14-12-25(22-43)13-15-27/h5-10,12-15,17-18,23,31-32,36,43H,2-4,11,16,19-22H2,1H3,(H,39,44)(H,40,45)/t31-,32+,36+/m1/s1. The van der Waals surface area contributed by atoms with Gasteiger partial charge in [0.05, 0.1) is 31.7 Å². The number of amides is 2. The molecular formula is C36H40Cl2N4O5. The van der Waals surface area contributed by atoms with Crippen molar-refractivity contribution in [2.75, 3.05) is 6.54 Å². The molecule has 248 valence electrons. The van der Waals surface area contributed by atoms with Crippen LogP contribution in [-0.4, -0.2) is 39.1 Å². The molecule has 0 radical (unpaired) electrons. The third-order valence-electron chi connectivity index (χ3n) is 8.11. The summed E-state index contributed by atoms with van der Waals surface area (Å²) >= 11 is 12.5. The molecule has 0 bridgehead atoms. The molecule has 3 aromatic carbocycles. The van der Waals surface area contributed by atoms with E-state index < -0.39 is 6.29 Å². The largest absolute Gasteiger partial charge is 0.392 e. The fraction of sp³-hybridized carbons (Fsp3) is 0.361. The van der Waals surface area contributed by atoms with Gasteiger partial charge < -0.3 is 29.8 Å². The number of unbranched alkanes of at least 4 members (excludes halogenated alkanes) is 2. The van der Waals surface area contributed by atoms with Gasteiger partial charge in [0, 0.05) is 38.4 Å². The van der Waals surface area contributed by atoms with E-state index in [9.17, 15) is 14.7 Å². The van der Waals surface area contributed by atoms with Gasteiger partial charge in [-0.3, -0.25) is 9.59 Å². The van der Waals surface area contributed by atoms with E-state index in [4.69, 9.17) is 32.7 Å². The maximum Gasteiger partial charge on any atom is 0.220 e. The van der Waals surface area contributed by atoms with Crippen molar-refractivity contribution in [3.63, 3.8) is 0 Å². The van der Waals surface area contributed by atoms with Gasteiger partial charge in [0.1, 0.15) is 5.15 Å². The normalized spacial score (nSPS) is 17.7. The van der Waals surface area contributed by atoms with Crippen LogP contribution in [0, 0.1) is 0 Å². The number of carbonyl (C=O) groups excluding carboxylic acids is 2. The zero-order chi connectivity index (χ0) is 33.2. The van der Waals surface area contributed by atoms with Crippen LogP contribution in [0.1, 0.15) is 73.7 Å². The highest BCUT2D eigenvalue weighted by atomic mass is 35.5. The monoisotopic (exact) mass is 678 g/mol. The van der Waals surface area contributed by atoms with Crippen LogP contribution >= 0.6 is 23.2 Å². The van der Waals surface area contributed by atoms with Crippen LogP contribution < -0.4 is 10.6 Å². The number of imidazole rings is 1. The first-order chi connectivity index (χ1) is 22.8. The Morgan fingerprint density at radius 1 is 0.915 bits per heavy atom. The molecule has 0 saturated carbocycles. The molecule has 5 rings (SSSR count). The summed E-state index contributed by atoms with van der Waals surface area (Å²) in [6.45, 7) is 3.01. The second-order valence-electron chi connectivity index (χ2n) is 11.7. The molecule has 11 heteroatoms. The molecule has 1 fully saturated rings. The minimum absolute atomic E-state index is 0.0119. The quantitative estimate of drug-likeness (QED) is 0.125. The van der Waals surface area contributed by atoms with Crippen LogP contribution in [0.4, 0.5) is 0 Å². The Labute approximate surface area is 285 Å². The number of benzene rings is 3. The lowest BCUT2D eigenvalue weighted by Gasteiger charge is -2.36. The van der Waals surface area contributed by atoms with Crippen LogP contribution in [0.5, 0.6) is 0 Å². The topological polar surface area (TPSA) is 115 Å². The number of aliphatic hydroxyl groups excluding tert-OH is 1. The zero-order valence-corrected chi connectivity index (χ0v) is 27.8. The maximum absolute atomic E-state index is 12.4. The summed E-state index contributed by atoms with van der Waals surface area (Å²) in [6, 6.07) is 23.9. The van der Waals surface area contributed by atoms with Crippen molar-refractivity contribution >= 4 is 35.0 Å². The number of nitrogens with zero attached hydrogens (tertiary/aromatic N) is 2. The molecule has 2 amide bonds. The fourth-order valence-corrected chi connectivity index (χ4v) is 5.90. The van der Waals surface area contributed by atoms with Crippen molar-refractivity contribution in [1.29, 1.82) is 0 Å². The van der Waals surface area contributed by atoms with Gasteiger partial charge in [-0.2, -0.15) is 0 Å². The Balaban J connectivity index is 1.26. The highest BCUT2D eigenvalue weighted by molar-refractivity contribution is 6.40. The molecule has 0 spiro atoms. The lowest BCUT2D eigenvalue weighted by atomic mass is 9.98. The van der Waals surface area contributed by atoms with Crippen LogP contribution in [0.2, 0.25) is 10.3 Å². The van der Waals surface area contributed by atoms with Gasteiger partial charge in [-0.1, -0.05) is 90.3 Å². The van der Waals surface area contributed by atoms with Crippen molar-refractivity contribution in [3.05, 3.63) is 112 Å². The fourth-order valence-electron chi connectivity index (χ4n) is 5.59. The minimum Gasteiger partial charge on any atom is -0.392 e. The SMILES string of the molecule is CC(=O)NCCCCCC(=O)NCc1cccc(-c2cccc([C@H]3O[C@@H](Cn4cnc(Cl)c4Cl)C[C@@H](c4ccc(CO)cc4)O3)c2)c1. The average Bonchev–Trinajstić information content (AvgIpc) is 3.41. The van der Waals surface area contributed by atoms with Gasteiger partial charge in [-0.25, -0.2) is 4.98 Å². The van der Waals surface area contributed by atoms with Crippen molar-refractivity contribution in [2.24, 2.45) is 0 Å². The lowest BCUT2D eigenvalue weighted by molar-refractivity contribution is -0.252. The van der Waals surface area contributed by atoms with E-state index in [0.29, 0.717) is 37.6 Å². The van der Waals surface area contributed by atoms with E-state index in [1.807, 2.05) is 60.7 Å². The number of aromatic nitrogens is 2. The van der Waals surface area contributed by atoms with Crippen LogP contribution in [0.25, 0.3) is 11.1 Å². The molecule has 0 unspecified atom stereocenters. The van der Waals surface area contributed by atoms with Crippen LogP contribution in [0.15, 0.2) is 79.1 Å². The molecule has 0 aliphatic carbocycles. The van der Waals surface area contributed by atoms with E-state index in [1.54, 1.807) is 10.9 Å².